The number of fused-ring (bicyclic) bond motifs is 1. The molecular formula is C19H22N2O2S. The maximum absolute atomic E-state index is 11.7. The summed E-state index contributed by atoms with van der Waals surface area (Å²) in [4.78, 5) is 16.1. The lowest BCUT2D eigenvalue weighted by molar-refractivity contribution is -0.118. The molecule has 0 saturated carbocycles. The molecule has 1 amide bonds. The normalized spacial score (nSPS) is 12.8. The van der Waals surface area contributed by atoms with Crippen LogP contribution in [0.5, 0.6) is 5.75 Å². The van der Waals surface area contributed by atoms with E-state index in [4.69, 9.17) is 4.74 Å². The number of benzene rings is 1. The van der Waals surface area contributed by atoms with Crippen molar-refractivity contribution in [3.63, 3.8) is 0 Å². The van der Waals surface area contributed by atoms with Gasteiger partial charge in [-0.05, 0) is 35.7 Å². The number of aryl methyl sites for hydroxylation is 1. The number of carbonyl (C=O) groups is 1. The number of amides is 1. The Bertz CT molecular complexity index is 714. The van der Waals surface area contributed by atoms with Crippen LogP contribution in [0.15, 0.2) is 41.6 Å². The van der Waals surface area contributed by atoms with Gasteiger partial charge in [0.2, 0.25) is 5.91 Å². The zero-order valence-electron chi connectivity index (χ0n) is 14.0. The minimum absolute atomic E-state index is 0.0118. The van der Waals surface area contributed by atoms with Gasteiger partial charge >= 0.3 is 0 Å². The maximum atomic E-state index is 11.7. The van der Waals surface area contributed by atoms with Crippen LogP contribution in [0.3, 0.4) is 0 Å². The van der Waals surface area contributed by atoms with Crippen LogP contribution >= 0.6 is 11.8 Å². The first-order valence-corrected chi connectivity index (χ1v) is 9.25. The molecule has 0 radical (unpaired) electrons. The largest absolute Gasteiger partial charge is 0.493 e. The Hall–Kier alpha value is -2.01. The monoisotopic (exact) mass is 342 g/mol. The molecule has 5 heteroatoms. The van der Waals surface area contributed by atoms with Crippen molar-refractivity contribution in [1.29, 1.82) is 0 Å². The van der Waals surface area contributed by atoms with E-state index in [0.717, 1.165) is 41.7 Å². The molecule has 0 spiro atoms. The van der Waals surface area contributed by atoms with E-state index in [0.29, 0.717) is 0 Å². The second-order valence-corrected chi connectivity index (χ2v) is 7.28. The summed E-state index contributed by atoms with van der Waals surface area (Å²) in [7, 11) is 0. The lowest BCUT2D eigenvalue weighted by Gasteiger charge is -2.08. The summed E-state index contributed by atoms with van der Waals surface area (Å²) in [5.74, 6) is 1.99. The number of rotatable bonds is 6. The van der Waals surface area contributed by atoms with Gasteiger partial charge in [0.1, 0.15) is 5.75 Å². The summed E-state index contributed by atoms with van der Waals surface area (Å²) in [6.07, 6.45) is 3.74. The van der Waals surface area contributed by atoms with Crippen LogP contribution in [0, 0.1) is 5.92 Å². The van der Waals surface area contributed by atoms with Crippen molar-refractivity contribution in [3.05, 3.63) is 47.7 Å². The van der Waals surface area contributed by atoms with Crippen molar-refractivity contribution in [2.24, 2.45) is 5.92 Å². The fourth-order valence-electron chi connectivity index (χ4n) is 2.50. The molecule has 4 nitrogen and oxygen atoms in total. The molecule has 1 aromatic carbocycles. The number of ether oxygens (including phenoxy) is 1. The molecule has 1 aliphatic rings. The topological polar surface area (TPSA) is 51.2 Å². The molecule has 24 heavy (non-hydrogen) atoms. The molecule has 1 N–H and O–H groups in total. The Morgan fingerprint density at radius 3 is 2.96 bits per heavy atom. The third-order valence-electron chi connectivity index (χ3n) is 3.92. The van der Waals surface area contributed by atoms with Crippen molar-refractivity contribution in [2.45, 2.75) is 31.7 Å². The number of pyridine rings is 1. The first-order chi connectivity index (χ1) is 11.6. The second kappa shape index (κ2) is 7.71. The number of thioether (sulfide) groups is 1. The number of hydrogen-bond acceptors (Lipinski definition) is 4. The smallest absolute Gasteiger partial charge is 0.226 e. The van der Waals surface area contributed by atoms with E-state index in [1.54, 1.807) is 18.0 Å². The van der Waals surface area contributed by atoms with Gasteiger partial charge in [0.25, 0.3) is 0 Å². The Morgan fingerprint density at radius 2 is 2.21 bits per heavy atom. The SMILES string of the molecule is CC(C)C(=O)Nc1ccc(SCCc2ccc3c(c2)CCO3)nc1. The highest BCUT2D eigenvalue weighted by molar-refractivity contribution is 7.99. The van der Waals surface area contributed by atoms with Crippen LogP contribution in [-0.2, 0) is 17.6 Å². The third-order valence-corrected chi connectivity index (χ3v) is 4.87. The van der Waals surface area contributed by atoms with E-state index in [1.165, 1.54) is 11.1 Å². The number of nitrogens with one attached hydrogen (secondary N) is 1. The average Bonchev–Trinajstić information content (AvgIpc) is 3.04. The van der Waals surface area contributed by atoms with Crippen molar-refractivity contribution < 1.29 is 9.53 Å². The van der Waals surface area contributed by atoms with E-state index in [2.05, 4.69) is 28.5 Å². The Labute approximate surface area is 147 Å². The van der Waals surface area contributed by atoms with Crippen molar-refractivity contribution in [2.75, 3.05) is 17.7 Å². The van der Waals surface area contributed by atoms with Gasteiger partial charge in [-0.1, -0.05) is 26.0 Å². The summed E-state index contributed by atoms with van der Waals surface area (Å²) < 4.78 is 5.54. The first-order valence-electron chi connectivity index (χ1n) is 8.26. The minimum Gasteiger partial charge on any atom is -0.493 e. The lowest BCUT2D eigenvalue weighted by atomic mass is 10.1. The zero-order valence-corrected chi connectivity index (χ0v) is 14.9. The predicted octanol–water partition coefficient (Wildman–Crippen LogP) is 3.95. The number of nitrogens with zero attached hydrogens (tertiary/aromatic N) is 1. The van der Waals surface area contributed by atoms with Gasteiger partial charge in [0.15, 0.2) is 0 Å². The number of anilines is 1. The average molecular weight is 342 g/mol. The van der Waals surface area contributed by atoms with E-state index < -0.39 is 0 Å². The van der Waals surface area contributed by atoms with Gasteiger partial charge < -0.3 is 10.1 Å². The second-order valence-electron chi connectivity index (χ2n) is 6.17. The van der Waals surface area contributed by atoms with Gasteiger partial charge in [-0.3, -0.25) is 4.79 Å². The maximum Gasteiger partial charge on any atom is 0.226 e. The molecule has 0 aliphatic carbocycles. The molecule has 1 aliphatic heterocycles. The van der Waals surface area contributed by atoms with Crippen LogP contribution in [0.1, 0.15) is 25.0 Å². The van der Waals surface area contributed by atoms with E-state index in [1.807, 2.05) is 26.0 Å². The zero-order chi connectivity index (χ0) is 16.9. The quantitative estimate of drug-likeness (QED) is 0.808. The van der Waals surface area contributed by atoms with Crippen molar-refractivity contribution in [1.82, 2.24) is 4.98 Å². The van der Waals surface area contributed by atoms with Gasteiger partial charge in [0.05, 0.1) is 23.5 Å². The number of carbonyl (C=O) groups excluding carboxylic acids is 1. The molecule has 0 saturated heterocycles. The predicted molar refractivity (Wildman–Crippen MR) is 97.8 cm³/mol. The summed E-state index contributed by atoms with van der Waals surface area (Å²) in [6, 6.07) is 10.3. The van der Waals surface area contributed by atoms with Gasteiger partial charge in [-0.25, -0.2) is 4.98 Å². The fraction of sp³-hybridized carbons (Fsp3) is 0.368. The molecule has 0 bridgehead atoms. The highest BCUT2D eigenvalue weighted by Gasteiger charge is 2.12. The molecule has 3 rings (SSSR count). The van der Waals surface area contributed by atoms with Gasteiger partial charge in [0, 0.05) is 18.1 Å². The van der Waals surface area contributed by atoms with Gasteiger partial charge in [-0.15, -0.1) is 11.8 Å². The van der Waals surface area contributed by atoms with Crippen LogP contribution < -0.4 is 10.1 Å². The van der Waals surface area contributed by atoms with E-state index in [9.17, 15) is 4.79 Å². The molecule has 126 valence electrons. The van der Waals surface area contributed by atoms with Gasteiger partial charge in [-0.2, -0.15) is 0 Å². The number of aromatic nitrogens is 1. The van der Waals surface area contributed by atoms with E-state index in [-0.39, 0.29) is 11.8 Å². The number of hydrogen-bond donors (Lipinski definition) is 1. The molecule has 1 aromatic heterocycles. The molecule has 0 unspecified atom stereocenters. The molecule has 0 fully saturated rings. The lowest BCUT2D eigenvalue weighted by Crippen LogP contribution is -2.17. The minimum atomic E-state index is -0.0308. The van der Waals surface area contributed by atoms with Crippen LogP contribution in [0.2, 0.25) is 0 Å². The summed E-state index contributed by atoms with van der Waals surface area (Å²) in [5, 5.41) is 3.83. The van der Waals surface area contributed by atoms with Crippen LogP contribution in [0.4, 0.5) is 5.69 Å². The fourth-order valence-corrected chi connectivity index (χ4v) is 3.33. The van der Waals surface area contributed by atoms with Crippen molar-refractivity contribution >= 4 is 23.4 Å². The molecule has 2 heterocycles. The summed E-state index contributed by atoms with van der Waals surface area (Å²) in [5.41, 5.74) is 3.41. The Balaban J connectivity index is 1.49. The Kier molecular flexibility index (Phi) is 5.41. The molecule has 0 atom stereocenters. The first kappa shape index (κ1) is 16.8. The molecular weight excluding hydrogens is 320 g/mol. The van der Waals surface area contributed by atoms with E-state index >= 15 is 0 Å². The standard InChI is InChI=1S/C19H22N2O2S/c1-13(2)19(22)21-16-4-6-18(20-12-16)24-10-8-14-3-5-17-15(11-14)7-9-23-17/h3-6,11-13H,7-10H2,1-2H3,(H,21,22). The summed E-state index contributed by atoms with van der Waals surface area (Å²) >= 11 is 1.73. The van der Waals surface area contributed by atoms with Crippen LogP contribution in [0.25, 0.3) is 0 Å². The molecule has 2 aromatic rings. The Morgan fingerprint density at radius 1 is 1.33 bits per heavy atom. The van der Waals surface area contributed by atoms with Crippen LogP contribution in [-0.4, -0.2) is 23.3 Å². The highest BCUT2D eigenvalue weighted by atomic mass is 32.2. The highest BCUT2D eigenvalue weighted by Crippen LogP contribution is 2.27. The van der Waals surface area contributed by atoms with Crippen molar-refractivity contribution in [3.8, 4) is 5.75 Å². The summed E-state index contributed by atoms with van der Waals surface area (Å²) in [6.45, 7) is 4.55. The third kappa shape index (κ3) is 4.29.